The molecule has 2 atom stereocenters. The fraction of sp³-hybridized carbons (Fsp3) is 0.588. The van der Waals surface area contributed by atoms with Crippen molar-refractivity contribution in [1.29, 1.82) is 0 Å². The van der Waals surface area contributed by atoms with Crippen molar-refractivity contribution in [2.75, 3.05) is 13.1 Å². The summed E-state index contributed by atoms with van der Waals surface area (Å²) in [5, 5.41) is 0. The van der Waals surface area contributed by atoms with Crippen LogP contribution < -0.4 is 5.73 Å². The van der Waals surface area contributed by atoms with Gasteiger partial charge in [-0.25, -0.2) is 4.79 Å². The van der Waals surface area contributed by atoms with Gasteiger partial charge in [-0.05, 0) is 39.7 Å². The molecule has 0 aromatic heterocycles. The first-order valence-electron chi connectivity index (χ1n) is 7.56. The van der Waals surface area contributed by atoms with Crippen LogP contribution in [0.2, 0.25) is 0 Å². The van der Waals surface area contributed by atoms with Gasteiger partial charge in [-0.3, -0.25) is 0 Å². The number of likely N-dealkylation sites (tertiary alicyclic amines) is 1. The second-order valence-corrected chi connectivity index (χ2v) is 6.90. The maximum Gasteiger partial charge on any atom is 0.410 e. The summed E-state index contributed by atoms with van der Waals surface area (Å²) in [4.78, 5) is 13.8. The predicted molar refractivity (Wildman–Crippen MR) is 84.3 cm³/mol. The van der Waals surface area contributed by atoms with Crippen molar-refractivity contribution in [2.45, 2.75) is 51.7 Å². The van der Waals surface area contributed by atoms with E-state index in [-0.39, 0.29) is 12.1 Å². The van der Waals surface area contributed by atoms with Crippen LogP contribution in [0.15, 0.2) is 24.3 Å². The van der Waals surface area contributed by atoms with Crippen molar-refractivity contribution >= 4 is 6.09 Å². The molecule has 0 spiro atoms. The van der Waals surface area contributed by atoms with Gasteiger partial charge in [-0.1, -0.05) is 29.8 Å². The third kappa shape index (κ3) is 4.21. The summed E-state index contributed by atoms with van der Waals surface area (Å²) in [6.45, 7) is 8.97. The van der Waals surface area contributed by atoms with Gasteiger partial charge < -0.3 is 15.4 Å². The van der Waals surface area contributed by atoms with Gasteiger partial charge in [0.05, 0.1) is 0 Å². The number of ether oxygens (including phenoxy) is 1. The highest BCUT2D eigenvalue weighted by Gasteiger charge is 2.32. The molecule has 0 unspecified atom stereocenters. The maximum atomic E-state index is 12.1. The Hall–Kier alpha value is -1.55. The van der Waals surface area contributed by atoms with E-state index >= 15 is 0 Å². The molecule has 4 nitrogen and oxygen atoms in total. The molecule has 1 heterocycles. The molecule has 1 fully saturated rings. The molecule has 0 radical (unpaired) electrons. The molecule has 1 aliphatic rings. The van der Waals surface area contributed by atoms with Crippen molar-refractivity contribution in [1.82, 2.24) is 4.90 Å². The summed E-state index contributed by atoms with van der Waals surface area (Å²) in [5.41, 5.74) is 8.35. The van der Waals surface area contributed by atoms with E-state index in [0.717, 1.165) is 6.42 Å². The van der Waals surface area contributed by atoms with Crippen LogP contribution in [0.3, 0.4) is 0 Å². The lowest BCUT2D eigenvalue weighted by molar-refractivity contribution is 0.0186. The van der Waals surface area contributed by atoms with E-state index < -0.39 is 5.60 Å². The van der Waals surface area contributed by atoms with Crippen molar-refractivity contribution in [2.24, 2.45) is 5.73 Å². The highest BCUT2D eigenvalue weighted by Crippen LogP contribution is 2.28. The molecule has 2 N–H and O–H groups in total. The van der Waals surface area contributed by atoms with Crippen LogP contribution in [-0.2, 0) is 4.74 Å². The summed E-state index contributed by atoms with van der Waals surface area (Å²) >= 11 is 0. The second kappa shape index (κ2) is 6.06. The molecule has 4 heteroatoms. The van der Waals surface area contributed by atoms with E-state index in [9.17, 15) is 4.79 Å². The van der Waals surface area contributed by atoms with Gasteiger partial charge >= 0.3 is 6.09 Å². The van der Waals surface area contributed by atoms with Gasteiger partial charge in [-0.15, -0.1) is 0 Å². The van der Waals surface area contributed by atoms with Crippen LogP contribution in [0.4, 0.5) is 4.79 Å². The summed E-state index contributed by atoms with van der Waals surface area (Å²) < 4.78 is 5.42. The first-order valence-corrected chi connectivity index (χ1v) is 7.56. The van der Waals surface area contributed by atoms with Crippen LogP contribution >= 0.6 is 0 Å². The first-order chi connectivity index (χ1) is 9.76. The van der Waals surface area contributed by atoms with Crippen molar-refractivity contribution in [3.63, 3.8) is 0 Å². The lowest BCUT2D eigenvalue weighted by Gasteiger charge is -2.37. The lowest BCUT2D eigenvalue weighted by atomic mass is 9.85. The summed E-state index contributed by atoms with van der Waals surface area (Å²) in [7, 11) is 0. The zero-order chi connectivity index (χ0) is 15.6. The highest BCUT2D eigenvalue weighted by molar-refractivity contribution is 5.68. The Labute approximate surface area is 127 Å². The summed E-state index contributed by atoms with van der Waals surface area (Å²) in [5.74, 6) is 0.309. The Balaban J connectivity index is 2.01. The SMILES string of the molecule is Cc1cccc([C@H]2CCN(C(=O)OC(C)(C)C)C[C@H]2N)c1. The monoisotopic (exact) mass is 290 g/mol. The molecule has 0 bridgehead atoms. The first kappa shape index (κ1) is 15.8. The number of rotatable bonds is 1. The number of hydrogen-bond donors (Lipinski definition) is 1. The fourth-order valence-corrected chi connectivity index (χ4v) is 2.79. The average Bonchev–Trinajstić information content (AvgIpc) is 2.36. The quantitative estimate of drug-likeness (QED) is 0.865. The minimum absolute atomic E-state index is 0.0481. The Morgan fingerprint density at radius 3 is 2.67 bits per heavy atom. The smallest absolute Gasteiger partial charge is 0.410 e. The van der Waals surface area contributed by atoms with Crippen LogP contribution in [-0.4, -0.2) is 35.7 Å². The molecule has 0 aliphatic carbocycles. The molecule has 116 valence electrons. The van der Waals surface area contributed by atoms with Crippen LogP contribution in [0.5, 0.6) is 0 Å². The van der Waals surface area contributed by atoms with E-state index in [1.54, 1.807) is 4.90 Å². The number of carbonyl (C=O) groups excluding carboxylic acids is 1. The van der Waals surface area contributed by atoms with Gasteiger partial charge in [0.1, 0.15) is 5.60 Å². The Morgan fingerprint density at radius 2 is 2.10 bits per heavy atom. The molecular weight excluding hydrogens is 264 g/mol. The average molecular weight is 290 g/mol. The van der Waals surface area contributed by atoms with Gasteiger partial charge in [0.25, 0.3) is 0 Å². The molecule has 1 aliphatic heterocycles. The summed E-state index contributed by atoms with van der Waals surface area (Å²) in [6.07, 6.45) is 0.616. The third-order valence-corrected chi connectivity index (χ3v) is 3.78. The number of nitrogens with two attached hydrogens (primary N) is 1. The lowest BCUT2D eigenvalue weighted by Crippen LogP contribution is -2.50. The van der Waals surface area contributed by atoms with Crippen LogP contribution in [0.1, 0.15) is 44.2 Å². The Kier molecular flexibility index (Phi) is 4.57. The second-order valence-electron chi connectivity index (χ2n) is 6.90. The van der Waals surface area contributed by atoms with Crippen LogP contribution in [0.25, 0.3) is 0 Å². The van der Waals surface area contributed by atoms with Gasteiger partial charge in [0.2, 0.25) is 0 Å². The number of aryl methyl sites for hydroxylation is 1. The number of piperidine rings is 1. The van der Waals surface area contributed by atoms with Crippen molar-refractivity contribution in [3.8, 4) is 0 Å². The standard InChI is InChI=1S/C17H26N2O2/c1-12-6-5-7-13(10-12)14-8-9-19(11-15(14)18)16(20)21-17(2,3)4/h5-7,10,14-15H,8-9,11,18H2,1-4H3/t14-,15-/m1/s1. The number of nitrogens with zero attached hydrogens (tertiary/aromatic N) is 1. The third-order valence-electron chi connectivity index (χ3n) is 3.78. The number of benzene rings is 1. The summed E-state index contributed by atoms with van der Waals surface area (Å²) in [6, 6.07) is 8.42. The minimum atomic E-state index is -0.464. The number of hydrogen-bond acceptors (Lipinski definition) is 3. The molecule has 21 heavy (non-hydrogen) atoms. The van der Waals surface area contributed by atoms with Crippen molar-refractivity contribution in [3.05, 3.63) is 35.4 Å². The highest BCUT2D eigenvalue weighted by atomic mass is 16.6. The molecule has 1 aromatic carbocycles. The zero-order valence-corrected chi connectivity index (χ0v) is 13.4. The van der Waals surface area contributed by atoms with Gasteiger partial charge in [-0.2, -0.15) is 0 Å². The molecule has 1 amide bonds. The van der Waals surface area contributed by atoms with E-state index in [0.29, 0.717) is 19.0 Å². The van der Waals surface area contributed by atoms with E-state index in [1.165, 1.54) is 11.1 Å². The zero-order valence-electron chi connectivity index (χ0n) is 13.4. The van der Waals surface area contributed by atoms with E-state index in [1.807, 2.05) is 20.8 Å². The molecule has 1 saturated heterocycles. The fourth-order valence-electron chi connectivity index (χ4n) is 2.79. The van der Waals surface area contributed by atoms with Gasteiger partial charge in [0, 0.05) is 25.0 Å². The van der Waals surface area contributed by atoms with Gasteiger partial charge in [0.15, 0.2) is 0 Å². The maximum absolute atomic E-state index is 12.1. The topological polar surface area (TPSA) is 55.6 Å². The number of carbonyl (C=O) groups is 1. The largest absolute Gasteiger partial charge is 0.444 e. The van der Waals surface area contributed by atoms with E-state index in [4.69, 9.17) is 10.5 Å². The molecule has 0 saturated carbocycles. The Bertz CT molecular complexity index is 508. The molecular formula is C17H26N2O2. The molecule has 1 aromatic rings. The predicted octanol–water partition coefficient (Wildman–Crippen LogP) is 3.05. The van der Waals surface area contributed by atoms with Crippen LogP contribution in [0, 0.1) is 6.92 Å². The normalized spacial score (nSPS) is 23.0. The number of amides is 1. The Morgan fingerprint density at radius 1 is 1.38 bits per heavy atom. The van der Waals surface area contributed by atoms with E-state index in [2.05, 4.69) is 31.2 Å². The van der Waals surface area contributed by atoms with Crippen molar-refractivity contribution < 1.29 is 9.53 Å². The molecule has 2 rings (SSSR count). The minimum Gasteiger partial charge on any atom is -0.444 e.